The van der Waals surface area contributed by atoms with Crippen molar-refractivity contribution in [1.29, 1.82) is 0 Å². The van der Waals surface area contributed by atoms with Crippen molar-refractivity contribution in [3.63, 3.8) is 0 Å². The lowest BCUT2D eigenvalue weighted by Crippen LogP contribution is -2.54. The minimum absolute atomic E-state index is 0.182. The van der Waals surface area contributed by atoms with E-state index in [-0.39, 0.29) is 5.75 Å². The van der Waals surface area contributed by atoms with Gasteiger partial charge in [-0.2, -0.15) is 0 Å². The molecule has 5 nitrogen and oxygen atoms in total. The SMILES string of the molecule is CCOc1ccc(C2NCCNC2C(=O)O)cc1F. The first kappa shape index (κ1) is 13.8. The Kier molecular flexibility index (Phi) is 4.34. The molecule has 0 amide bonds. The number of rotatable bonds is 4. The van der Waals surface area contributed by atoms with E-state index in [4.69, 9.17) is 9.84 Å². The molecule has 1 aliphatic rings. The second kappa shape index (κ2) is 5.99. The van der Waals surface area contributed by atoms with Crippen LogP contribution in [0.1, 0.15) is 18.5 Å². The van der Waals surface area contributed by atoms with Gasteiger partial charge in [0, 0.05) is 13.1 Å². The monoisotopic (exact) mass is 268 g/mol. The van der Waals surface area contributed by atoms with Crippen molar-refractivity contribution in [1.82, 2.24) is 10.6 Å². The van der Waals surface area contributed by atoms with Crippen molar-refractivity contribution in [2.75, 3.05) is 19.7 Å². The van der Waals surface area contributed by atoms with Crippen molar-refractivity contribution < 1.29 is 19.0 Å². The van der Waals surface area contributed by atoms with Crippen LogP contribution in [0.4, 0.5) is 4.39 Å². The van der Waals surface area contributed by atoms with Crippen LogP contribution in [0.3, 0.4) is 0 Å². The summed E-state index contributed by atoms with van der Waals surface area (Å²) < 4.78 is 18.9. The van der Waals surface area contributed by atoms with E-state index < -0.39 is 23.9 Å². The highest BCUT2D eigenvalue weighted by Crippen LogP contribution is 2.25. The van der Waals surface area contributed by atoms with E-state index in [0.717, 1.165) is 0 Å². The zero-order chi connectivity index (χ0) is 13.8. The quantitative estimate of drug-likeness (QED) is 0.757. The maximum Gasteiger partial charge on any atom is 0.322 e. The Labute approximate surface area is 110 Å². The molecular formula is C13H17FN2O3. The van der Waals surface area contributed by atoms with Gasteiger partial charge in [0.05, 0.1) is 12.6 Å². The molecule has 1 fully saturated rings. The van der Waals surface area contributed by atoms with Crippen molar-refractivity contribution in [3.8, 4) is 5.75 Å². The Morgan fingerprint density at radius 1 is 1.47 bits per heavy atom. The predicted molar refractivity (Wildman–Crippen MR) is 67.7 cm³/mol. The molecule has 0 bridgehead atoms. The molecule has 2 unspecified atom stereocenters. The fraction of sp³-hybridized carbons (Fsp3) is 0.462. The fourth-order valence-electron chi connectivity index (χ4n) is 2.21. The van der Waals surface area contributed by atoms with E-state index in [1.165, 1.54) is 12.1 Å². The van der Waals surface area contributed by atoms with Crippen LogP contribution in [0.2, 0.25) is 0 Å². The topological polar surface area (TPSA) is 70.6 Å². The molecule has 0 aromatic heterocycles. The molecule has 1 saturated heterocycles. The summed E-state index contributed by atoms with van der Waals surface area (Å²) >= 11 is 0. The number of piperazine rings is 1. The predicted octanol–water partition coefficient (Wildman–Crippen LogP) is 0.911. The molecule has 2 rings (SSSR count). The van der Waals surface area contributed by atoms with Gasteiger partial charge in [0.15, 0.2) is 11.6 Å². The number of benzene rings is 1. The number of carboxylic acids is 1. The molecule has 1 aromatic carbocycles. The fourth-order valence-corrected chi connectivity index (χ4v) is 2.21. The third-order valence-electron chi connectivity index (χ3n) is 3.07. The maximum atomic E-state index is 13.8. The standard InChI is InChI=1S/C13H17FN2O3/c1-2-19-10-4-3-8(7-9(10)14)11-12(13(17)18)16-6-5-15-11/h3-4,7,11-12,15-16H,2,5-6H2,1H3,(H,17,18). The molecule has 0 aliphatic carbocycles. The van der Waals surface area contributed by atoms with Crippen LogP contribution in [-0.2, 0) is 4.79 Å². The van der Waals surface area contributed by atoms with Gasteiger partial charge in [-0.05, 0) is 24.6 Å². The van der Waals surface area contributed by atoms with Crippen LogP contribution in [0.5, 0.6) is 5.75 Å². The van der Waals surface area contributed by atoms with E-state index in [2.05, 4.69) is 10.6 Å². The number of carbonyl (C=O) groups is 1. The number of ether oxygens (including phenoxy) is 1. The minimum Gasteiger partial charge on any atom is -0.491 e. The van der Waals surface area contributed by atoms with Gasteiger partial charge in [-0.1, -0.05) is 6.07 Å². The Morgan fingerprint density at radius 3 is 2.84 bits per heavy atom. The van der Waals surface area contributed by atoms with Crippen LogP contribution in [0.25, 0.3) is 0 Å². The van der Waals surface area contributed by atoms with E-state index in [1.807, 2.05) is 0 Å². The third kappa shape index (κ3) is 3.02. The zero-order valence-electron chi connectivity index (χ0n) is 10.6. The summed E-state index contributed by atoms with van der Waals surface area (Å²) in [5.74, 6) is -1.25. The second-order valence-corrected chi connectivity index (χ2v) is 4.32. The summed E-state index contributed by atoms with van der Waals surface area (Å²) in [5, 5.41) is 15.2. The average molecular weight is 268 g/mol. The van der Waals surface area contributed by atoms with Gasteiger partial charge < -0.3 is 20.5 Å². The van der Waals surface area contributed by atoms with Gasteiger partial charge in [-0.25, -0.2) is 4.39 Å². The largest absolute Gasteiger partial charge is 0.491 e. The molecule has 104 valence electrons. The first-order chi connectivity index (χ1) is 9.13. The molecule has 0 spiro atoms. The number of hydrogen-bond donors (Lipinski definition) is 3. The lowest BCUT2D eigenvalue weighted by atomic mass is 9.97. The number of carboxylic acid groups (broad SMARTS) is 1. The number of aliphatic carboxylic acids is 1. The van der Waals surface area contributed by atoms with E-state index in [9.17, 15) is 9.18 Å². The van der Waals surface area contributed by atoms with Gasteiger partial charge >= 0.3 is 5.97 Å². The van der Waals surface area contributed by atoms with Crippen LogP contribution < -0.4 is 15.4 Å². The summed E-state index contributed by atoms with van der Waals surface area (Å²) in [6, 6.07) is 3.34. The first-order valence-electron chi connectivity index (χ1n) is 6.25. The van der Waals surface area contributed by atoms with Crippen LogP contribution in [0, 0.1) is 5.82 Å². The highest BCUT2D eigenvalue weighted by atomic mass is 19.1. The molecule has 1 aromatic rings. The van der Waals surface area contributed by atoms with Crippen molar-refractivity contribution in [2.24, 2.45) is 0 Å². The summed E-state index contributed by atoms with van der Waals surface area (Å²) in [7, 11) is 0. The lowest BCUT2D eigenvalue weighted by molar-refractivity contribution is -0.140. The van der Waals surface area contributed by atoms with Crippen LogP contribution >= 0.6 is 0 Å². The summed E-state index contributed by atoms with van der Waals surface area (Å²) in [5.41, 5.74) is 0.598. The number of hydrogen-bond acceptors (Lipinski definition) is 4. The first-order valence-corrected chi connectivity index (χ1v) is 6.25. The molecule has 0 radical (unpaired) electrons. The Balaban J connectivity index is 2.24. The van der Waals surface area contributed by atoms with Gasteiger partial charge in [-0.15, -0.1) is 0 Å². The molecule has 6 heteroatoms. The zero-order valence-corrected chi connectivity index (χ0v) is 10.6. The second-order valence-electron chi connectivity index (χ2n) is 4.32. The average Bonchev–Trinajstić information content (AvgIpc) is 2.41. The highest BCUT2D eigenvalue weighted by Gasteiger charge is 2.31. The molecule has 3 N–H and O–H groups in total. The van der Waals surface area contributed by atoms with Gasteiger partial charge in [-0.3, -0.25) is 4.79 Å². The molecule has 2 atom stereocenters. The highest BCUT2D eigenvalue weighted by molar-refractivity contribution is 5.75. The smallest absolute Gasteiger partial charge is 0.322 e. The Morgan fingerprint density at radius 2 is 2.21 bits per heavy atom. The summed E-state index contributed by atoms with van der Waals surface area (Å²) in [4.78, 5) is 11.2. The maximum absolute atomic E-state index is 13.8. The van der Waals surface area contributed by atoms with Crippen LogP contribution in [-0.4, -0.2) is 36.8 Å². The molecular weight excluding hydrogens is 251 g/mol. The van der Waals surface area contributed by atoms with Gasteiger partial charge in [0.1, 0.15) is 6.04 Å². The summed E-state index contributed by atoms with van der Waals surface area (Å²) in [6.07, 6.45) is 0. The van der Waals surface area contributed by atoms with E-state index in [1.54, 1.807) is 13.0 Å². The Bertz CT molecular complexity index is 467. The normalized spacial score (nSPS) is 23.1. The third-order valence-corrected chi connectivity index (χ3v) is 3.07. The van der Waals surface area contributed by atoms with Gasteiger partial charge in [0.25, 0.3) is 0 Å². The van der Waals surface area contributed by atoms with E-state index in [0.29, 0.717) is 25.3 Å². The summed E-state index contributed by atoms with van der Waals surface area (Å²) in [6.45, 7) is 3.38. The van der Waals surface area contributed by atoms with Crippen molar-refractivity contribution in [3.05, 3.63) is 29.6 Å². The molecule has 0 saturated carbocycles. The van der Waals surface area contributed by atoms with Crippen LogP contribution in [0.15, 0.2) is 18.2 Å². The molecule has 19 heavy (non-hydrogen) atoms. The Hall–Kier alpha value is -1.66. The minimum atomic E-state index is -0.952. The van der Waals surface area contributed by atoms with Crippen molar-refractivity contribution in [2.45, 2.75) is 19.0 Å². The number of nitrogens with one attached hydrogen (secondary N) is 2. The van der Waals surface area contributed by atoms with Crippen molar-refractivity contribution >= 4 is 5.97 Å². The van der Waals surface area contributed by atoms with Gasteiger partial charge in [0.2, 0.25) is 0 Å². The molecule has 1 heterocycles. The van der Waals surface area contributed by atoms with E-state index >= 15 is 0 Å². The lowest BCUT2D eigenvalue weighted by Gasteiger charge is -2.31. The molecule has 1 aliphatic heterocycles. The number of halogens is 1.